The lowest BCUT2D eigenvalue weighted by Gasteiger charge is -2.15. The average molecular weight is 339 g/mol. The highest BCUT2D eigenvalue weighted by molar-refractivity contribution is 5.86. The van der Waals surface area contributed by atoms with E-state index in [9.17, 15) is 4.79 Å². The number of rotatable bonds is 5. The highest BCUT2D eigenvalue weighted by Crippen LogP contribution is 2.26. The van der Waals surface area contributed by atoms with Crippen molar-refractivity contribution >= 4 is 16.9 Å². The standard InChI is InChI=1S/C19H21N3O3/c1-5-24-19(23)14(4)25-16-8-6-7-15-9-10-17(20-18(15)16)22-13(3)11-12(2)21-22/h6-11,14H,5H2,1-4H3. The van der Waals surface area contributed by atoms with E-state index in [-0.39, 0.29) is 0 Å². The van der Waals surface area contributed by atoms with Crippen LogP contribution in [0, 0.1) is 13.8 Å². The number of carbonyl (C=O) groups excluding carboxylic acids is 1. The molecule has 0 fully saturated rings. The maximum atomic E-state index is 11.8. The minimum atomic E-state index is -0.704. The smallest absolute Gasteiger partial charge is 0.347 e. The molecule has 6 heteroatoms. The molecular formula is C19H21N3O3. The minimum Gasteiger partial charge on any atom is -0.477 e. The lowest BCUT2D eigenvalue weighted by atomic mass is 10.2. The van der Waals surface area contributed by atoms with E-state index < -0.39 is 12.1 Å². The molecule has 130 valence electrons. The lowest BCUT2D eigenvalue weighted by molar-refractivity contribution is -0.150. The number of carbonyl (C=O) groups is 1. The molecular weight excluding hydrogens is 318 g/mol. The van der Waals surface area contributed by atoms with Crippen molar-refractivity contribution in [3.63, 3.8) is 0 Å². The zero-order chi connectivity index (χ0) is 18.0. The Bertz CT molecular complexity index is 917. The molecule has 25 heavy (non-hydrogen) atoms. The largest absolute Gasteiger partial charge is 0.477 e. The normalized spacial score (nSPS) is 12.2. The Morgan fingerprint density at radius 2 is 2.04 bits per heavy atom. The molecule has 1 aromatic carbocycles. The van der Waals surface area contributed by atoms with Crippen LogP contribution in [0.1, 0.15) is 25.2 Å². The van der Waals surface area contributed by atoms with Crippen LogP contribution in [0.5, 0.6) is 5.75 Å². The Kier molecular flexibility index (Phi) is 4.70. The Hall–Kier alpha value is -2.89. The molecule has 0 aliphatic heterocycles. The molecule has 3 aromatic rings. The SMILES string of the molecule is CCOC(=O)C(C)Oc1cccc2ccc(-n3nc(C)cc3C)nc12. The van der Waals surface area contributed by atoms with Gasteiger partial charge in [0.1, 0.15) is 11.3 Å². The van der Waals surface area contributed by atoms with Crippen LogP contribution >= 0.6 is 0 Å². The molecule has 0 spiro atoms. The first kappa shape index (κ1) is 17.0. The highest BCUT2D eigenvalue weighted by atomic mass is 16.6. The summed E-state index contributed by atoms with van der Waals surface area (Å²) in [5, 5.41) is 5.40. The third-order valence-corrected chi connectivity index (χ3v) is 3.82. The van der Waals surface area contributed by atoms with Crippen LogP contribution in [0.15, 0.2) is 36.4 Å². The zero-order valence-corrected chi connectivity index (χ0v) is 14.8. The van der Waals surface area contributed by atoms with E-state index in [1.54, 1.807) is 24.6 Å². The highest BCUT2D eigenvalue weighted by Gasteiger charge is 2.18. The summed E-state index contributed by atoms with van der Waals surface area (Å²) in [7, 11) is 0. The molecule has 3 rings (SSSR count). The number of hydrogen-bond acceptors (Lipinski definition) is 5. The minimum absolute atomic E-state index is 0.322. The van der Waals surface area contributed by atoms with E-state index in [0.717, 1.165) is 16.8 Å². The molecule has 0 aliphatic rings. The second-order valence-corrected chi connectivity index (χ2v) is 5.85. The van der Waals surface area contributed by atoms with E-state index in [1.165, 1.54) is 0 Å². The Morgan fingerprint density at radius 1 is 1.24 bits per heavy atom. The van der Waals surface area contributed by atoms with Crippen molar-refractivity contribution in [2.24, 2.45) is 0 Å². The predicted octanol–water partition coefficient (Wildman–Crippen LogP) is 3.37. The first-order valence-corrected chi connectivity index (χ1v) is 8.26. The third-order valence-electron chi connectivity index (χ3n) is 3.82. The first-order valence-electron chi connectivity index (χ1n) is 8.26. The summed E-state index contributed by atoms with van der Waals surface area (Å²) in [4.78, 5) is 16.5. The molecule has 0 N–H and O–H groups in total. The monoisotopic (exact) mass is 339 g/mol. The van der Waals surface area contributed by atoms with Crippen LogP contribution < -0.4 is 4.74 Å². The summed E-state index contributed by atoms with van der Waals surface area (Å²) in [6, 6.07) is 11.5. The van der Waals surface area contributed by atoms with Crippen LogP contribution in [0.2, 0.25) is 0 Å². The fourth-order valence-electron chi connectivity index (χ4n) is 2.68. The lowest BCUT2D eigenvalue weighted by Crippen LogP contribution is -2.26. The van der Waals surface area contributed by atoms with Crippen LogP contribution in [-0.2, 0) is 9.53 Å². The first-order chi connectivity index (χ1) is 12.0. The number of ether oxygens (including phenoxy) is 2. The van der Waals surface area contributed by atoms with E-state index in [2.05, 4.69) is 5.10 Å². The van der Waals surface area contributed by atoms with Crippen LogP contribution in [0.3, 0.4) is 0 Å². The molecule has 2 aromatic heterocycles. The van der Waals surface area contributed by atoms with Crippen molar-refractivity contribution in [2.45, 2.75) is 33.8 Å². The molecule has 0 bridgehead atoms. The Morgan fingerprint density at radius 3 is 2.72 bits per heavy atom. The van der Waals surface area contributed by atoms with Gasteiger partial charge in [0.15, 0.2) is 11.9 Å². The number of benzene rings is 1. The fraction of sp³-hybridized carbons (Fsp3) is 0.316. The fourth-order valence-corrected chi connectivity index (χ4v) is 2.68. The van der Waals surface area contributed by atoms with Gasteiger partial charge >= 0.3 is 5.97 Å². The van der Waals surface area contributed by atoms with Gasteiger partial charge in [0.25, 0.3) is 0 Å². The molecule has 2 heterocycles. The van der Waals surface area contributed by atoms with Gasteiger partial charge in [-0.25, -0.2) is 14.5 Å². The summed E-state index contributed by atoms with van der Waals surface area (Å²) >= 11 is 0. The third kappa shape index (κ3) is 3.47. The molecule has 0 saturated carbocycles. The van der Waals surface area contributed by atoms with Gasteiger partial charge in [0, 0.05) is 11.1 Å². The number of para-hydroxylation sites is 1. The maximum Gasteiger partial charge on any atom is 0.347 e. The van der Waals surface area contributed by atoms with Gasteiger partial charge in [0.2, 0.25) is 0 Å². The number of nitrogens with zero attached hydrogens (tertiary/aromatic N) is 3. The van der Waals surface area contributed by atoms with E-state index in [4.69, 9.17) is 14.5 Å². The van der Waals surface area contributed by atoms with Gasteiger partial charge in [-0.05, 0) is 52.0 Å². The van der Waals surface area contributed by atoms with Crippen molar-refractivity contribution < 1.29 is 14.3 Å². The molecule has 1 unspecified atom stereocenters. The van der Waals surface area contributed by atoms with Crippen molar-refractivity contribution in [2.75, 3.05) is 6.61 Å². The molecule has 0 saturated heterocycles. The second-order valence-electron chi connectivity index (χ2n) is 5.85. The molecule has 0 radical (unpaired) electrons. The predicted molar refractivity (Wildman–Crippen MR) is 95.1 cm³/mol. The number of aromatic nitrogens is 3. The van der Waals surface area contributed by atoms with Gasteiger partial charge in [-0.3, -0.25) is 0 Å². The van der Waals surface area contributed by atoms with Crippen molar-refractivity contribution in [3.05, 3.63) is 47.8 Å². The van der Waals surface area contributed by atoms with Gasteiger partial charge in [-0.15, -0.1) is 0 Å². The summed E-state index contributed by atoms with van der Waals surface area (Å²) in [5.74, 6) is 0.855. The van der Waals surface area contributed by atoms with Gasteiger partial charge in [-0.2, -0.15) is 5.10 Å². The summed E-state index contributed by atoms with van der Waals surface area (Å²) in [5.41, 5.74) is 2.62. The Balaban J connectivity index is 2.00. The summed E-state index contributed by atoms with van der Waals surface area (Å²) in [6.07, 6.45) is -0.704. The van der Waals surface area contributed by atoms with Crippen molar-refractivity contribution in [1.29, 1.82) is 0 Å². The average Bonchev–Trinajstić information content (AvgIpc) is 2.93. The number of pyridine rings is 1. The number of aryl methyl sites for hydroxylation is 2. The molecule has 0 amide bonds. The summed E-state index contributed by atoms with van der Waals surface area (Å²) < 4.78 is 12.6. The number of hydrogen-bond donors (Lipinski definition) is 0. The van der Waals surface area contributed by atoms with E-state index in [1.807, 2.05) is 44.2 Å². The van der Waals surface area contributed by atoms with Gasteiger partial charge in [-0.1, -0.05) is 12.1 Å². The van der Waals surface area contributed by atoms with E-state index in [0.29, 0.717) is 23.7 Å². The van der Waals surface area contributed by atoms with Crippen LogP contribution in [0.25, 0.3) is 16.7 Å². The van der Waals surface area contributed by atoms with Crippen LogP contribution in [-0.4, -0.2) is 33.4 Å². The topological polar surface area (TPSA) is 66.2 Å². The second kappa shape index (κ2) is 6.93. The summed E-state index contributed by atoms with van der Waals surface area (Å²) in [6.45, 7) is 7.69. The van der Waals surface area contributed by atoms with Crippen molar-refractivity contribution in [3.8, 4) is 11.6 Å². The van der Waals surface area contributed by atoms with Gasteiger partial charge < -0.3 is 9.47 Å². The van der Waals surface area contributed by atoms with Crippen molar-refractivity contribution in [1.82, 2.24) is 14.8 Å². The number of esters is 1. The maximum absolute atomic E-state index is 11.8. The quantitative estimate of drug-likeness (QED) is 0.667. The zero-order valence-electron chi connectivity index (χ0n) is 14.8. The molecule has 0 aliphatic carbocycles. The molecule has 1 atom stereocenters. The van der Waals surface area contributed by atoms with E-state index >= 15 is 0 Å². The Labute approximate surface area is 146 Å². The molecule has 6 nitrogen and oxygen atoms in total. The van der Waals surface area contributed by atoms with Gasteiger partial charge in [0.05, 0.1) is 12.3 Å². The number of fused-ring (bicyclic) bond motifs is 1. The van der Waals surface area contributed by atoms with Crippen LogP contribution in [0.4, 0.5) is 0 Å².